The Morgan fingerprint density at radius 1 is 1.13 bits per heavy atom. The summed E-state index contributed by atoms with van der Waals surface area (Å²) in [6.45, 7) is 7.14. The van der Waals surface area contributed by atoms with E-state index in [-0.39, 0.29) is 18.1 Å². The molecule has 4 nitrogen and oxygen atoms in total. The molecule has 126 valence electrons. The van der Waals surface area contributed by atoms with Crippen molar-refractivity contribution in [2.24, 2.45) is 0 Å². The van der Waals surface area contributed by atoms with Gasteiger partial charge in [-0.25, -0.2) is 0 Å². The highest BCUT2D eigenvalue weighted by Gasteiger charge is 2.36. The molecule has 0 bridgehead atoms. The molecule has 0 aromatic heterocycles. The fourth-order valence-corrected chi connectivity index (χ4v) is 3.46. The summed E-state index contributed by atoms with van der Waals surface area (Å²) in [7, 11) is 0. The van der Waals surface area contributed by atoms with Crippen molar-refractivity contribution in [3.63, 3.8) is 0 Å². The maximum Gasteiger partial charge on any atom is 0.232 e. The monoisotopic (exact) mass is 317 g/mol. The Morgan fingerprint density at radius 2 is 1.83 bits per heavy atom. The van der Waals surface area contributed by atoms with E-state index in [9.17, 15) is 4.79 Å². The van der Waals surface area contributed by atoms with E-state index >= 15 is 0 Å². The van der Waals surface area contributed by atoms with Crippen molar-refractivity contribution < 1.29 is 14.3 Å². The Hall–Kier alpha value is -1.39. The van der Waals surface area contributed by atoms with Crippen LogP contribution in [0, 0.1) is 0 Å². The zero-order valence-electron chi connectivity index (χ0n) is 14.2. The first-order chi connectivity index (χ1) is 11.1. The summed E-state index contributed by atoms with van der Waals surface area (Å²) in [6, 6.07) is 10.0. The van der Waals surface area contributed by atoms with Crippen LogP contribution >= 0.6 is 0 Å². The lowest BCUT2D eigenvalue weighted by atomic mass is 9.82. The van der Waals surface area contributed by atoms with E-state index in [1.54, 1.807) is 0 Å². The lowest BCUT2D eigenvalue weighted by molar-refractivity contribution is -0.139. The van der Waals surface area contributed by atoms with Crippen molar-refractivity contribution in [3.8, 4) is 0 Å². The number of rotatable bonds is 4. The number of amides is 1. The van der Waals surface area contributed by atoms with Crippen LogP contribution in [0.5, 0.6) is 0 Å². The van der Waals surface area contributed by atoms with E-state index in [2.05, 4.69) is 0 Å². The molecule has 2 aliphatic rings. The Morgan fingerprint density at radius 3 is 2.43 bits per heavy atom. The number of nitrogens with zero attached hydrogens (tertiary/aromatic N) is 1. The highest BCUT2D eigenvalue weighted by molar-refractivity contribution is 5.87. The number of carbonyl (C=O) groups excluding carboxylic acids is 1. The summed E-state index contributed by atoms with van der Waals surface area (Å²) in [6.07, 6.45) is 3.37. The molecule has 0 aliphatic carbocycles. The van der Waals surface area contributed by atoms with Gasteiger partial charge in [-0.3, -0.25) is 4.79 Å². The molecular weight excluding hydrogens is 290 g/mol. The highest BCUT2D eigenvalue weighted by Crippen LogP contribution is 2.28. The number of likely N-dealkylation sites (tertiary alicyclic amines) is 1. The third-order valence-electron chi connectivity index (χ3n) is 5.03. The Bertz CT molecular complexity index is 515. The van der Waals surface area contributed by atoms with Gasteiger partial charge in [-0.2, -0.15) is 0 Å². The Kier molecular flexibility index (Phi) is 5.02. The topological polar surface area (TPSA) is 38.8 Å². The molecule has 2 saturated heterocycles. The van der Waals surface area contributed by atoms with Crippen molar-refractivity contribution in [2.75, 3.05) is 26.3 Å². The van der Waals surface area contributed by atoms with E-state index in [1.807, 2.05) is 49.1 Å². The molecule has 1 amide bonds. The lowest BCUT2D eigenvalue weighted by Gasteiger charge is -2.37. The van der Waals surface area contributed by atoms with Crippen LogP contribution in [-0.4, -0.2) is 49.3 Å². The van der Waals surface area contributed by atoms with Gasteiger partial charge in [0.25, 0.3) is 0 Å². The smallest absolute Gasteiger partial charge is 0.232 e. The number of hydrogen-bond acceptors (Lipinski definition) is 3. The predicted molar refractivity (Wildman–Crippen MR) is 89.4 cm³/mol. The van der Waals surface area contributed by atoms with Crippen molar-refractivity contribution in [2.45, 2.75) is 50.7 Å². The van der Waals surface area contributed by atoms with Crippen LogP contribution in [0.25, 0.3) is 0 Å². The zero-order chi connectivity index (χ0) is 16.3. The molecule has 4 heteroatoms. The molecule has 2 fully saturated rings. The van der Waals surface area contributed by atoms with Gasteiger partial charge in [-0.1, -0.05) is 30.3 Å². The van der Waals surface area contributed by atoms with Crippen molar-refractivity contribution in [1.29, 1.82) is 0 Å². The molecule has 1 atom stereocenters. The number of ether oxygens (including phenoxy) is 2. The second-order valence-corrected chi connectivity index (χ2v) is 7.10. The average Bonchev–Trinajstić information content (AvgIpc) is 3.09. The molecule has 0 spiro atoms. The first-order valence-electron chi connectivity index (χ1n) is 8.65. The quantitative estimate of drug-likeness (QED) is 0.857. The second-order valence-electron chi connectivity index (χ2n) is 7.10. The van der Waals surface area contributed by atoms with Crippen LogP contribution < -0.4 is 0 Å². The van der Waals surface area contributed by atoms with Crippen LogP contribution in [0.3, 0.4) is 0 Å². The van der Waals surface area contributed by atoms with E-state index in [0.29, 0.717) is 0 Å². The van der Waals surface area contributed by atoms with E-state index in [1.165, 1.54) is 0 Å². The third kappa shape index (κ3) is 3.75. The van der Waals surface area contributed by atoms with Gasteiger partial charge in [-0.05, 0) is 38.7 Å². The fourth-order valence-electron chi connectivity index (χ4n) is 3.46. The van der Waals surface area contributed by atoms with Crippen LogP contribution in [0.4, 0.5) is 0 Å². The minimum atomic E-state index is -0.478. The minimum absolute atomic E-state index is 0.214. The molecule has 1 aromatic carbocycles. The maximum absolute atomic E-state index is 12.9. The van der Waals surface area contributed by atoms with Gasteiger partial charge in [0.2, 0.25) is 5.91 Å². The molecule has 0 saturated carbocycles. The number of hydrogen-bond donors (Lipinski definition) is 0. The first kappa shape index (κ1) is 16.5. The van der Waals surface area contributed by atoms with Gasteiger partial charge >= 0.3 is 0 Å². The first-order valence-corrected chi connectivity index (χ1v) is 8.65. The summed E-state index contributed by atoms with van der Waals surface area (Å²) in [5.74, 6) is 0.214. The van der Waals surface area contributed by atoms with Crippen LogP contribution in [0.15, 0.2) is 30.3 Å². The highest BCUT2D eigenvalue weighted by atomic mass is 16.5. The van der Waals surface area contributed by atoms with Crippen LogP contribution in [-0.2, 0) is 19.7 Å². The van der Waals surface area contributed by atoms with Gasteiger partial charge in [0.15, 0.2) is 0 Å². The van der Waals surface area contributed by atoms with Gasteiger partial charge < -0.3 is 14.4 Å². The largest absolute Gasteiger partial charge is 0.379 e. The van der Waals surface area contributed by atoms with Crippen molar-refractivity contribution >= 4 is 5.91 Å². The van der Waals surface area contributed by atoms with Gasteiger partial charge in [-0.15, -0.1) is 0 Å². The van der Waals surface area contributed by atoms with Gasteiger partial charge in [0.1, 0.15) is 0 Å². The maximum atomic E-state index is 12.9. The molecule has 2 heterocycles. The molecule has 2 aliphatic heterocycles. The van der Waals surface area contributed by atoms with Crippen molar-refractivity contribution in [3.05, 3.63) is 35.9 Å². The predicted octanol–water partition coefficient (Wildman–Crippen LogP) is 2.76. The number of carbonyl (C=O) groups is 1. The summed E-state index contributed by atoms with van der Waals surface area (Å²) in [5, 5.41) is 0. The normalized spacial score (nSPS) is 23.2. The van der Waals surface area contributed by atoms with Crippen molar-refractivity contribution in [1.82, 2.24) is 4.90 Å². The fraction of sp³-hybridized carbons (Fsp3) is 0.632. The third-order valence-corrected chi connectivity index (χ3v) is 5.03. The molecule has 0 unspecified atom stereocenters. The van der Waals surface area contributed by atoms with E-state index in [0.717, 1.165) is 51.1 Å². The standard InChI is InChI=1S/C19H27NO3/c1-19(2,15-6-4-3-5-7-15)18(21)20-11-8-16(9-12-20)23-17-10-13-22-14-17/h3-7,16-17H,8-14H2,1-2H3/t17-/m1/s1. The summed E-state index contributed by atoms with van der Waals surface area (Å²) in [4.78, 5) is 14.9. The molecule has 0 radical (unpaired) electrons. The molecule has 23 heavy (non-hydrogen) atoms. The molecule has 0 N–H and O–H groups in total. The Balaban J connectivity index is 1.55. The molecule has 3 rings (SSSR count). The molecule has 1 aromatic rings. The Labute approximate surface area is 138 Å². The second kappa shape index (κ2) is 7.02. The van der Waals surface area contributed by atoms with E-state index < -0.39 is 5.41 Å². The summed E-state index contributed by atoms with van der Waals surface area (Å²) >= 11 is 0. The average molecular weight is 317 g/mol. The van der Waals surface area contributed by atoms with Crippen LogP contribution in [0.1, 0.15) is 38.7 Å². The van der Waals surface area contributed by atoms with Gasteiger partial charge in [0, 0.05) is 19.7 Å². The van der Waals surface area contributed by atoms with Gasteiger partial charge in [0.05, 0.1) is 24.2 Å². The zero-order valence-corrected chi connectivity index (χ0v) is 14.2. The molecular formula is C19H27NO3. The van der Waals surface area contributed by atoms with E-state index in [4.69, 9.17) is 9.47 Å². The van der Waals surface area contributed by atoms with Crippen LogP contribution in [0.2, 0.25) is 0 Å². The number of piperidine rings is 1. The SMILES string of the molecule is CC(C)(C(=O)N1CCC(O[C@@H]2CCOC2)CC1)c1ccccc1. The summed E-state index contributed by atoms with van der Waals surface area (Å²) in [5.41, 5.74) is 0.598. The number of benzene rings is 1. The minimum Gasteiger partial charge on any atom is -0.379 e. The summed E-state index contributed by atoms with van der Waals surface area (Å²) < 4.78 is 11.4. The lowest BCUT2D eigenvalue weighted by Crippen LogP contribution is -2.48.